The molecule has 2 atom stereocenters. The number of sulfonamides is 1. The molecule has 164 valence electrons. The van der Waals surface area contributed by atoms with Crippen LogP contribution in [0.2, 0.25) is 0 Å². The first-order valence-electron chi connectivity index (χ1n) is 9.25. The third-order valence-electron chi connectivity index (χ3n) is 5.33. The maximum atomic E-state index is 14.9. The molecule has 0 spiro atoms. The lowest BCUT2D eigenvalue weighted by molar-refractivity contribution is 0.102. The van der Waals surface area contributed by atoms with Gasteiger partial charge in [0.1, 0.15) is 22.8 Å². The van der Waals surface area contributed by atoms with Gasteiger partial charge in [-0.1, -0.05) is 0 Å². The number of carbonyl (C=O) groups is 1. The van der Waals surface area contributed by atoms with Gasteiger partial charge in [0.15, 0.2) is 0 Å². The van der Waals surface area contributed by atoms with Crippen molar-refractivity contribution in [3.05, 3.63) is 53.6 Å². The van der Waals surface area contributed by atoms with Gasteiger partial charge in [-0.25, -0.2) is 27.1 Å². The van der Waals surface area contributed by atoms with Gasteiger partial charge in [0.05, 0.1) is 19.9 Å². The summed E-state index contributed by atoms with van der Waals surface area (Å²) < 4.78 is 51.8. The van der Waals surface area contributed by atoms with Crippen molar-refractivity contribution in [3.63, 3.8) is 0 Å². The normalized spacial score (nSPS) is 24.3. The molecule has 1 aromatic carbocycles. The number of guanidine groups is 1. The SMILES string of the molecule is COc1ccc(C(=O)Nc2ccc(F)c(C34CCOC3S(=O)(=O)N(C)C(N)=N4)c2)nc1. The Bertz CT molecular complexity index is 1170. The van der Waals surface area contributed by atoms with Crippen molar-refractivity contribution >= 4 is 27.6 Å². The smallest absolute Gasteiger partial charge is 0.274 e. The second-order valence-electron chi connectivity index (χ2n) is 7.09. The fourth-order valence-corrected chi connectivity index (χ4v) is 5.30. The second kappa shape index (κ2) is 7.46. The summed E-state index contributed by atoms with van der Waals surface area (Å²) in [6.45, 7) is 0.0559. The van der Waals surface area contributed by atoms with E-state index in [1.54, 1.807) is 6.07 Å². The Morgan fingerprint density at radius 1 is 1.39 bits per heavy atom. The lowest BCUT2D eigenvalue weighted by Gasteiger charge is -2.38. The third kappa shape index (κ3) is 3.37. The van der Waals surface area contributed by atoms with Crippen LogP contribution in [0.4, 0.5) is 10.1 Å². The van der Waals surface area contributed by atoms with E-state index in [0.29, 0.717) is 5.75 Å². The summed E-state index contributed by atoms with van der Waals surface area (Å²) in [6.07, 6.45) is 1.51. The van der Waals surface area contributed by atoms with E-state index >= 15 is 0 Å². The molecule has 2 aromatic rings. The first-order chi connectivity index (χ1) is 14.7. The molecule has 3 N–H and O–H groups in total. The molecule has 1 saturated heterocycles. The van der Waals surface area contributed by atoms with E-state index in [9.17, 15) is 17.6 Å². The van der Waals surface area contributed by atoms with Crippen molar-refractivity contribution < 1.29 is 27.1 Å². The first kappa shape index (κ1) is 21.0. The van der Waals surface area contributed by atoms with Crippen molar-refractivity contribution in [1.82, 2.24) is 9.29 Å². The van der Waals surface area contributed by atoms with Crippen LogP contribution in [-0.2, 0) is 20.3 Å². The lowest BCUT2D eigenvalue weighted by Crippen LogP contribution is -2.55. The highest BCUT2D eigenvalue weighted by atomic mass is 32.2. The predicted molar refractivity (Wildman–Crippen MR) is 109 cm³/mol. The summed E-state index contributed by atoms with van der Waals surface area (Å²) in [5, 5.41) is 2.63. The molecule has 0 aliphatic carbocycles. The molecule has 1 amide bonds. The standard InChI is InChI=1S/C19H20FN5O5S/c1-25-18(21)24-19(7-8-30-17(19)31(25,27)28)13-9-11(3-5-14(13)20)23-16(26)15-6-4-12(29-2)10-22-15/h3-6,9-10,17H,7-8H2,1-2H3,(H2,21,24)(H,23,26). The van der Waals surface area contributed by atoms with E-state index in [4.69, 9.17) is 15.2 Å². The number of hydrogen-bond donors (Lipinski definition) is 2. The minimum absolute atomic E-state index is 0.0323. The Hall–Kier alpha value is -3.25. The van der Waals surface area contributed by atoms with Crippen molar-refractivity contribution in [2.45, 2.75) is 17.4 Å². The zero-order valence-corrected chi connectivity index (χ0v) is 17.5. The molecular weight excluding hydrogens is 429 g/mol. The molecule has 4 rings (SSSR count). The topological polar surface area (TPSA) is 136 Å². The molecule has 31 heavy (non-hydrogen) atoms. The van der Waals surface area contributed by atoms with E-state index in [0.717, 1.165) is 10.4 Å². The number of nitrogens with one attached hydrogen (secondary N) is 1. The fourth-order valence-electron chi connectivity index (χ4n) is 3.65. The average molecular weight is 449 g/mol. The molecule has 1 fully saturated rings. The van der Waals surface area contributed by atoms with Gasteiger partial charge < -0.3 is 20.5 Å². The van der Waals surface area contributed by atoms with Gasteiger partial charge in [0.2, 0.25) is 11.4 Å². The number of hydrogen-bond acceptors (Lipinski definition) is 8. The van der Waals surface area contributed by atoms with Crippen LogP contribution >= 0.6 is 0 Å². The van der Waals surface area contributed by atoms with Crippen molar-refractivity contribution in [3.8, 4) is 5.75 Å². The Morgan fingerprint density at radius 2 is 2.16 bits per heavy atom. The Balaban J connectivity index is 1.72. The number of aromatic nitrogens is 1. The van der Waals surface area contributed by atoms with E-state index in [-0.39, 0.29) is 35.9 Å². The number of nitrogens with two attached hydrogens (primary N) is 1. The number of anilines is 1. The second-order valence-corrected chi connectivity index (χ2v) is 9.10. The molecule has 2 aliphatic heterocycles. The maximum Gasteiger partial charge on any atom is 0.274 e. The van der Waals surface area contributed by atoms with Crippen molar-refractivity contribution in [2.75, 3.05) is 26.1 Å². The molecule has 2 unspecified atom stereocenters. The van der Waals surface area contributed by atoms with Crippen LogP contribution in [0.25, 0.3) is 0 Å². The number of carbonyl (C=O) groups excluding carboxylic acids is 1. The molecule has 0 saturated carbocycles. The van der Waals surface area contributed by atoms with E-state index < -0.39 is 32.7 Å². The number of benzene rings is 1. The minimum Gasteiger partial charge on any atom is -0.495 e. The summed E-state index contributed by atoms with van der Waals surface area (Å²) >= 11 is 0. The van der Waals surface area contributed by atoms with Crippen LogP contribution in [0.3, 0.4) is 0 Å². The summed E-state index contributed by atoms with van der Waals surface area (Å²) in [5.74, 6) is -0.993. The predicted octanol–water partition coefficient (Wildman–Crippen LogP) is 1.01. The number of pyridine rings is 1. The van der Waals surface area contributed by atoms with Gasteiger partial charge in [-0.05, 0) is 30.3 Å². The quantitative estimate of drug-likeness (QED) is 0.711. The zero-order chi connectivity index (χ0) is 22.4. The van der Waals surface area contributed by atoms with Crippen LogP contribution in [0.1, 0.15) is 22.5 Å². The van der Waals surface area contributed by atoms with E-state index in [1.165, 1.54) is 38.6 Å². The van der Waals surface area contributed by atoms with Gasteiger partial charge in [0, 0.05) is 24.7 Å². The van der Waals surface area contributed by atoms with Crippen LogP contribution in [0.15, 0.2) is 41.5 Å². The summed E-state index contributed by atoms with van der Waals surface area (Å²) in [6, 6.07) is 6.90. The van der Waals surface area contributed by atoms with Gasteiger partial charge in [-0.2, -0.15) is 0 Å². The molecule has 2 aliphatic rings. The summed E-state index contributed by atoms with van der Waals surface area (Å²) in [7, 11) is -1.28. The molecule has 3 heterocycles. The molecule has 1 aromatic heterocycles. The first-order valence-corrected chi connectivity index (χ1v) is 10.8. The zero-order valence-electron chi connectivity index (χ0n) is 16.7. The number of nitrogens with zero attached hydrogens (tertiary/aromatic N) is 3. The largest absolute Gasteiger partial charge is 0.495 e. The lowest BCUT2D eigenvalue weighted by atomic mass is 9.88. The van der Waals surface area contributed by atoms with Gasteiger partial charge in [0.25, 0.3) is 15.9 Å². The van der Waals surface area contributed by atoms with Crippen LogP contribution in [0.5, 0.6) is 5.75 Å². The van der Waals surface area contributed by atoms with Crippen LogP contribution in [0, 0.1) is 5.82 Å². The van der Waals surface area contributed by atoms with Crippen LogP contribution < -0.4 is 15.8 Å². The average Bonchev–Trinajstić information content (AvgIpc) is 3.19. The molecule has 10 nitrogen and oxygen atoms in total. The minimum atomic E-state index is -4.02. The molecule has 12 heteroatoms. The van der Waals surface area contributed by atoms with Crippen LogP contribution in [-0.4, -0.2) is 55.8 Å². The number of amides is 1. The fraction of sp³-hybridized carbons (Fsp3) is 0.316. The molecule has 0 radical (unpaired) electrons. The summed E-state index contributed by atoms with van der Waals surface area (Å²) in [5.41, 5.74) is 3.17. The highest BCUT2D eigenvalue weighted by Gasteiger charge is 2.58. The van der Waals surface area contributed by atoms with Crippen molar-refractivity contribution in [2.24, 2.45) is 10.7 Å². The van der Waals surface area contributed by atoms with Crippen molar-refractivity contribution in [1.29, 1.82) is 0 Å². The number of aliphatic imine (C=N–C) groups is 1. The maximum absolute atomic E-state index is 14.9. The van der Waals surface area contributed by atoms with Gasteiger partial charge in [-0.15, -0.1) is 0 Å². The van der Waals surface area contributed by atoms with Gasteiger partial charge in [-0.3, -0.25) is 4.79 Å². The highest BCUT2D eigenvalue weighted by Crippen LogP contribution is 2.46. The molecular formula is C19H20FN5O5S. The summed E-state index contributed by atoms with van der Waals surface area (Å²) in [4.78, 5) is 20.9. The third-order valence-corrected chi connectivity index (χ3v) is 7.34. The van der Waals surface area contributed by atoms with E-state index in [1.807, 2.05) is 0 Å². The van der Waals surface area contributed by atoms with Gasteiger partial charge >= 0.3 is 0 Å². The highest BCUT2D eigenvalue weighted by molar-refractivity contribution is 7.90. The Morgan fingerprint density at radius 3 is 2.84 bits per heavy atom. The number of methoxy groups -OCH3 is 1. The number of halogens is 1. The number of rotatable bonds is 4. The monoisotopic (exact) mass is 449 g/mol. The molecule has 0 bridgehead atoms. The Kier molecular flexibility index (Phi) is 5.06. The van der Waals surface area contributed by atoms with E-state index in [2.05, 4.69) is 15.3 Å². The number of fused-ring (bicyclic) bond motifs is 1. The number of ether oxygens (including phenoxy) is 2. The Labute approximate surface area is 177 Å².